The van der Waals surface area contributed by atoms with Crippen molar-refractivity contribution >= 4 is 17.7 Å². The van der Waals surface area contributed by atoms with Gasteiger partial charge in [0.2, 0.25) is 0 Å². The van der Waals surface area contributed by atoms with Crippen molar-refractivity contribution in [2.75, 3.05) is 19.5 Å². The van der Waals surface area contributed by atoms with Crippen molar-refractivity contribution in [1.82, 2.24) is 5.32 Å². The summed E-state index contributed by atoms with van der Waals surface area (Å²) in [6.07, 6.45) is -0.385. The van der Waals surface area contributed by atoms with Gasteiger partial charge in [-0.25, -0.2) is 9.59 Å². The van der Waals surface area contributed by atoms with E-state index in [1.165, 1.54) is 7.11 Å². The average Bonchev–Trinajstić information content (AvgIpc) is 3.12. The van der Waals surface area contributed by atoms with Crippen LogP contribution in [0, 0.1) is 0 Å². The maximum atomic E-state index is 12.5. The molecule has 0 heterocycles. The van der Waals surface area contributed by atoms with Gasteiger partial charge in [0.05, 0.1) is 7.11 Å². The molecule has 0 radical (unpaired) electrons. The third-order valence-corrected chi connectivity index (χ3v) is 5.54. The molecule has 0 aromatic heterocycles. The molecule has 31 heavy (non-hydrogen) atoms. The van der Waals surface area contributed by atoms with E-state index in [0.717, 1.165) is 27.8 Å². The fourth-order valence-corrected chi connectivity index (χ4v) is 4.01. The molecule has 6 heteroatoms. The van der Waals surface area contributed by atoms with E-state index in [4.69, 9.17) is 15.2 Å². The van der Waals surface area contributed by atoms with E-state index >= 15 is 0 Å². The van der Waals surface area contributed by atoms with Crippen molar-refractivity contribution in [2.24, 2.45) is 0 Å². The van der Waals surface area contributed by atoms with Crippen LogP contribution in [0.15, 0.2) is 72.8 Å². The predicted octanol–water partition coefficient (Wildman–Crippen LogP) is 3.89. The van der Waals surface area contributed by atoms with Gasteiger partial charge in [0.15, 0.2) is 0 Å². The molecule has 0 saturated heterocycles. The van der Waals surface area contributed by atoms with Crippen molar-refractivity contribution in [1.29, 1.82) is 0 Å². The van der Waals surface area contributed by atoms with Crippen molar-refractivity contribution in [3.8, 4) is 11.1 Å². The molecule has 3 aromatic carbocycles. The number of nitrogens with two attached hydrogens (primary N) is 1. The maximum absolute atomic E-state index is 12.5. The molecule has 0 spiro atoms. The normalized spacial score (nSPS) is 13.1. The Labute approximate surface area is 181 Å². The predicted molar refractivity (Wildman–Crippen MR) is 119 cm³/mol. The molecule has 1 atom stereocenters. The summed E-state index contributed by atoms with van der Waals surface area (Å²) in [4.78, 5) is 24.7. The summed E-state index contributed by atoms with van der Waals surface area (Å²) in [5.41, 5.74) is 11.8. The number of fused-ring (bicyclic) bond motifs is 3. The van der Waals surface area contributed by atoms with Crippen molar-refractivity contribution < 1.29 is 19.1 Å². The van der Waals surface area contributed by atoms with Gasteiger partial charge < -0.3 is 20.5 Å². The van der Waals surface area contributed by atoms with Gasteiger partial charge in [-0.1, -0.05) is 60.7 Å². The molecular formula is C25H24N2O4. The lowest BCUT2D eigenvalue weighted by Crippen LogP contribution is -2.43. The van der Waals surface area contributed by atoms with Gasteiger partial charge in [-0.3, -0.25) is 0 Å². The maximum Gasteiger partial charge on any atom is 0.407 e. The van der Waals surface area contributed by atoms with Crippen LogP contribution in [0.4, 0.5) is 10.5 Å². The number of hydrogen-bond acceptors (Lipinski definition) is 5. The SMILES string of the molecule is COC(=O)[C@@H](Cc1ccc(N)cc1)NC(=O)OCC1c2ccccc2-c2ccccc21. The first-order valence-corrected chi connectivity index (χ1v) is 10.1. The smallest absolute Gasteiger partial charge is 0.407 e. The van der Waals surface area contributed by atoms with E-state index in [2.05, 4.69) is 29.6 Å². The van der Waals surface area contributed by atoms with Crippen LogP contribution in [0.25, 0.3) is 11.1 Å². The number of amides is 1. The summed E-state index contributed by atoms with van der Waals surface area (Å²) in [5.74, 6) is -0.586. The van der Waals surface area contributed by atoms with Gasteiger partial charge in [0, 0.05) is 18.0 Å². The van der Waals surface area contributed by atoms with Crippen LogP contribution in [0.5, 0.6) is 0 Å². The van der Waals surface area contributed by atoms with Crippen LogP contribution in [0.2, 0.25) is 0 Å². The molecule has 1 aliphatic carbocycles. The second-order valence-electron chi connectivity index (χ2n) is 7.49. The summed E-state index contributed by atoms with van der Waals surface area (Å²) in [6.45, 7) is 0.176. The molecular weight excluding hydrogens is 392 g/mol. The Balaban J connectivity index is 1.44. The number of hydrogen-bond donors (Lipinski definition) is 2. The first kappa shape index (κ1) is 20.5. The summed E-state index contributed by atoms with van der Waals surface area (Å²) >= 11 is 0. The van der Waals surface area contributed by atoms with E-state index in [1.54, 1.807) is 12.1 Å². The zero-order valence-electron chi connectivity index (χ0n) is 17.2. The second kappa shape index (κ2) is 8.92. The van der Waals surface area contributed by atoms with Crippen molar-refractivity contribution in [2.45, 2.75) is 18.4 Å². The lowest BCUT2D eigenvalue weighted by atomic mass is 9.98. The number of nitrogen functional groups attached to an aromatic ring is 1. The average molecular weight is 416 g/mol. The van der Waals surface area contributed by atoms with E-state index in [9.17, 15) is 9.59 Å². The minimum atomic E-state index is -0.857. The fraction of sp³-hybridized carbons (Fsp3) is 0.200. The zero-order valence-corrected chi connectivity index (χ0v) is 17.2. The number of rotatable bonds is 6. The summed E-state index contributed by atoms with van der Waals surface area (Å²) in [5, 5.41) is 2.64. The van der Waals surface area contributed by atoms with Gasteiger partial charge in [-0.05, 0) is 39.9 Å². The number of carbonyl (C=O) groups is 2. The number of anilines is 1. The third kappa shape index (κ3) is 4.38. The Hall–Kier alpha value is -3.80. The first-order chi connectivity index (χ1) is 15.1. The molecule has 3 aromatic rings. The van der Waals surface area contributed by atoms with Crippen molar-refractivity contribution in [3.05, 3.63) is 89.5 Å². The van der Waals surface area contributed by atoms with E-state index in [0.29, 0.717) is 5.69 Å². The van der Waals surface area contributed by atoms with Crippen LogP contribution in [0.3, 0.4) is 0 Å². The van der Waals surface area contributed by atoms with Gasteiger partial charge in [-0.2, -0.15) is 0 Å². The highest BCUT2D eigenvalue weighted by Crippen LogP contribution is 2.44. The van der Waals surface area contributed by atoms with Crippen LogP contribution >= 0.6 is 0 Å². The highest BCUT2D eigenvalue weighted by Gasteiger charge is 2.30. The minimum absolute atomic E-state index is 0.0492. The monoisotopic (exact) mass is 416 g/mol. The van der Waals surface area contributed by atoms with Crippen LogP contribution < -0.4 is 11.1 Å². The van der Waals surface area contributed by atoms with Crippen molar-refractivity contribution in [3.63, 3.8) is 0 Å². The minimum Gasteiger partial charge on any atom is -0.467 e. The van der Waals surface area contributed by atoms with E-state index < -0.39 is 18.1 Å². The molecule has 0 saturated carbocycles. The third-order valence-electron chi connectivity index (χ3n) is 5.54. The molecule has 0 bridgehead atoms. The van der Waals surface area contributed by atoms with Crippen LogP contribution in [-0.4, -0.2) is 31.8 Å². The number of esters is 1. The Morgan fingerprint density at radius 3 is 2.10 bits per heavy atom. The van der Waals surface area contributed by atoms with Gasteiger partial charge in [0.1, 0.15) is 12.6 Å². The molecule has 4 rings (SSSR count). The summed E-state index contributed by atoms with van der Waals surface area (Å²) < 4.78 is 10.4. The van der Waals surface area contributed by atoms with Gasteiger partial charge in [-0.15, -0.1) is 0 Å². The summed E-state index contributed by atoms with van der Waals surface area (Å²) in [6, 6.07) is 22.5. The van der Waals surface area contributed by atoms with E-state index in [1.807, 2.05) is 36.4 Å². The Morgan fingerprint density at radius 1 is 0.935 bits per heavy atom. The van der Waals surface area contributed by atoms with Crippen LogP contribution in [-0.2, 0) is 20.7 Å². The Kier molecular flexibility index (Phi) is 5.89. The number of alkyl carbamates (subject to hydrolysis) is 1. The quantitative estimate of drug-likeness (QED) is 0.470. The lowest BCUT2D eigenvalue weighted by molar-refractivity contribution is -0.142. The number of benzene rings is 3. The topological polar surface area (TPSA) is 90.6 Å². The highest BCUT2D eigenvalue weighted by molar-refractivity contribution is 5.82. The van der Waals surface area contributed by atoms with Gasteiger partial charge in [0.25, 0.3) is 0 Å². The first-order valence-electron chi connectivity index (χ1n) is 10.1. The molecule has 0 unspecified atom stereocenters. The lowest BCUT2D eigenvalue weighted by Gasteiger charge is -2.18. The fourth-order valence-electron chi connectivity index (χ4n) is 4.01. The molecule has 1 amide bonds. The second-order valence-corrected chi connectivity index (χ2v) is 7.49. The highest BCUT2D eigenvalue weighted by atomic mass is 16.6. The number of carbonyl (C=O) groups excluding carboxylic acids is 2. The molecule has 0 fully saturated rings. The number of methoxy groups -OCH3 is 1. The number of nitrogens with one attached hydrogen (secondary N) is 1. The van der Waals surface area contributed by atoms with E-state index in [-0.39, 0.29) is 18.9 Å². The van der Waals surface area contributed by atoms with Gasteiger partial charge >= 0.3 is 12.1 Å². The largest absolute Gasteiger partial charge is 0.467 e. The van der Waals surface area contributed by atoms with Crippen LogP contribution in [0.1, 0.15) is 22.6 Å². The Morgan fingerprint density at radius 2 is 1.52 bits per heavy atom. The Bertz CT molecular complexity index is 1050. The standard InChI is InChI=1S/C25H24N2O4/c1-30-24(28)23(14-16-10-12-17(26)13-11-16)27-25(29)31-15-22-20-8-4-2-6-18(20)19-7-3-5-9-21(19)22/h2-13,22-23H,14-15,26H2,1H3,(H,27,29)/t23-/m1/s1. The summed E-state index contributed by atoms with van der Waals surface area (Å²) in [7, 11) is 1.29. The number of ether oxygens (including phenoxy) is 2. The molecule has 0 aliphatic heterocycles. The molecule has 158 valence electrons. The molecule has 3 N–H and O–H groups in total. The molecule has 1 aliphatic rings. The molecule has 6 nitrogen and oxygen atoms in total. The zero-order chi connectivity index (χ0) is 21.8.